The SMILES string of the molecule is COCc1nc(N(C)C(C)c2cccs2)sc1C=O. The Hall–Kier alpha value is -1.24. The summed E-state index contributed by atoms with van der Waals surface area (Å²) in [5.41, 5.74) is 0.711. The Morgan fingerprint density at radius 1 is 1.58 bits per heavy atom. The van der Waals surface area contributed by atoms with Crippen LogP contribution in [0.2, 0.25) is 0 Å². The molecule has 19 heavy (non-hydrogen) atoms. The van der Waals surface area contributed by atoms with Crippen molar-refractivity contribution in [1.82, 2.24) is 4.98 Å². The summed E-state index contributed by atoms with van der Waals surface area (Å²) in [7, 11) is 3.60. The van der Waals surface area contributed by atoms with Crippen LogP contribution in [0.5, 0.6) is 0 Å². The van der Waals surface area contributed by atoms with E-state index >= 15 is 0 Å². The van der Waals surface area contributed by atoms with E-state index in [-0.39, 0.29) is 6.04 Å². The first-order chi connectivity index (χ1) is 9.17. The first-order valence-corrected chi connectivity index (χ1v) is 7.57. The van der Waals surface area contributed by atoms with Gasteiger partial charge < -0.3 is 9.64 Å². The maximum absolute atomic E-state index is 11.0. The van der Waals surface area contributed by atoms with E-state index in [0.29, 0.717) is 17.2 Å². The number of thiophene rings is 1. The maximum Gasteiger partial charge on any atom is 0.186 e. The largest absolute Gasteiger partial charge is 0.378 e. The van der Waals surface area contributed by atoms with Crippen LogP contribution in [-0.4, -0.2) is 25.4 Å². The number of rotatable bonds is 6. The van der Waals surface area contributed by atoms with Crippen LogP contribution in [0, 0.1) is 0 Å². The fourth-order valence-electron chi connectivity index (χ4n) is 1.72. The number of carbonyl (C=O) groups is 1. The molecular formula is C13H16N2O2S2. The van der Waals surface area contributed by atoms with Gasteiger partial charge in [0, 0.05) is 19.0 Å². The molecule has 1 atom stereocenters. The summed E-state index contributed by atoms with van der Waals surface area (Å²) in [6.07, 6.45) is 0.846. The first kappa shape index (κ1) is 14.2. The number of methoxy groups -OCH3 is 1. The summed E-state index contributed by atoms with van der Waals surface area (Å²) in [6.45, 7) is 2.50. The fraction of sp³-hybridized carbons (Fsp3) is 0.385. The predicted octanol–water partition coefficient (Wildman–Crippen LogP) is 3.36. The molecule has 0 spiro atoms. The molecule has 2 rings (SSSR count). The Kier molecular flexibility index (Phi) is 4.68. The molecule has 0 fully saturated rings. The van der Waals surface area contributed by atoms with Crippen molar-refractivity contribution >= 4 is 34.1 Å². The number of nitrogens with zero attached hydrogens (tertiary/aromatic N) is 2. The molecule has 0 N–H and O–H groups in total. The van der Waals surface area contributed by atoms with E-state index in [9.17, 15) is 4.79 Å². The number of hydrogen-bond donors (Lipinski definition) is 0. The van der Waals surface area contributed by atoms with Gasteiger partial charge in [-0.05, 0) is 18.4 Å². The molecule has 2 heterocycles. The number of hydrogen-bond acceptors (Lipinski definition) is 6. The minimum Gasteiger partial charge on any atom is -0.378 e. The van der Waals surface area contributed by atoms with Crippen LogP contribution < -0.4 is 4.90 Å². The summed E-state index contributed by atoms with van der Waals surface area (Å²) in [4.78, 5) is 19.5. The minimum atomic E-state index is 0.237. The molecule has 6 heteroatoms. The quantitative estimate of drug-likeness (QED) is 0.767. The second kappa shape index (κ2) is 6.27. The molecule has 0 aromatic carbocycles. The smallest absolute Gasteiger partial charge is 0.186 e. The maximum atomic E-state index is 11.0. The third kappa shape index (κ3) is 3.02. The normalized spacial score (nSPS) is 12.4. The van der Waals surface area contributed by atoms with Gasteiger partial charge in [-0.25, -0.2) is 4.98 Å². The van der Waals surface area contributed by atoms with Crippen LogP contribution in [0.3, 0.4) is 0 Å². The summed E-state index contributed by atoms with van der Waals surface area (Å²) in [6, 6.07) is 4.39. The van der Waals surface area contributed by atoms with Gasteiger partial charge >= 0.3 is 0 Å². The second-order valence-electron chi connectivity index (χ2n) is 4.16. The van der Waals surface area contributed by atoms with E-state index in [4.69, 9.17) is 4.74 Å². The highest BCUT2D eigenvalue weighted by Gasteiger charge is 2.19. The standard InChI is InChI=1S/C13H16N2O2S2/c1-9(11-5-4-6-18-11)15(2)13-14-10(8-17-3)12(7-16)19-13/h4-7,9H,8H2,1-3H3. The Morgan fingerprint density at radius 3 is 2.95 bits per heavy atom. The van der Waals surface area contributed by atoms with Crippen LogP contribution in [0.25, 0.3) is 0 Å². The highest BCUT2D eigenvalue weighted by Crippen LogP contribution is 2.32. The molecule has 0 amide bonds. The molecule has 4 nitrogen and oxygen atoms in total. The summed E-state index contributed by atoms with van der Waals surface area (Å²) < 4.78 is 5.06. The van der Waals surface area contributed by atoms with Gasteiger partial charge in [0.1, 0.15) is 0 Å². The monoisotopic (exact) mass is 296 g/mol. The third-order valence-corrected chi connectivity index (χ3v) is 5.10. The lowest BCUT2D eigenvalue weighted by Gasteiger charge is -2.23. The second-order valence-corrected chi connectivity index (χ2v) is 6.15. The van der Waals surface area contributed by atoms with E-state index in [1.807, 2.05) is 13.1 Å². The zero-order valence-corrected chi connectivity index (χ0v) is 12.8. The molecule has 0 aliphatic carbocycles. The number of carbonyl (C=O) groups excluding carboxylic acids is 1. The summed E-state index contributed by atoms with van der Waals surface area (Å²) in [5.74, 6) is 0. The molecule has 102 valence electrons. The molecular weight excluding hydrogens is 280 g/mol. The van der Waals surface area contributed by atoms with Crippen molar-refractivity contribution in [3.63, 3.8) is 0 Å². The van der Waals surface area contributed by atoms with Gasteiger partial charge in [0.15, 0.2) is 11.4 Å². The van der Waals surface area contributed by atoms with Crippen molar-refractivity contribution in [2.75, 3.05) is 19.1 Å². The number of aldehydes is 1. The lowest BCUT2D eigenvalue weighted by atomic mass is 10.2. The van der Waals surface area contributed by atoms with E-state index in [0.717, 1.165) is 11.4 Å². The molecule has 2 aromatic heterocycles. The lowest BCUT2D eigenvalue weighted by molar-refractivity contribution is 0.112. The average molecular weight is 296 g/mol. The number of anilines is 1. The average Bonchev–Trinajstić information content (AvgIpc) is 3.06. The Morgan fingerprint density at radius 2 is 2.37 bits per heavy atom. The van der Waals surface area contributed by atoms with Crippen molar-refractivity contribution in [3.8, 4) is 0 Å². The first-order valence-electron chi connectivity index (χ1n) is 5.87. The van der Waals surface area contributed by atoms with E-state index in [1.54, 1.807) is 18.4 Å². The van der Waals surface area contributed by atoms with Crippen LogP contribution in [-0.2, 0) is 11.3 Å². The van der Waals surface area contributed by atoms with Gasteiger partial charge in [-0.2, -0.15) is 0 Å². The van der Waals surface area contributed by atoms with Crippen molar-refractivity contribution in [2.45, 2.75) is 19.6 Å². The zero-order chi connectivity index (χ0) is 13.8. The van der Waals surface area contributed by atoms with Crippen molar-refractivity contribution in [2.24, 2.45) is 0 Å². The van der Waals surface area contributed by atoms with E-state index in [1.165, 1.54) is 16.2 Å². The number of aromatic nitrogens is 1. The van der Waals surface area contributed by atoms with Gasteiger partial charge in [-0.3, -0.25) is 4.79 Å². The Labute approximate surface area is 120 Å². The van der Waals surface area contributed by atoms with Crippen LogP contribution in [0.15, 0.2) is 17.5 Å². The molecule has 2 aromatic rings. The highest BCUT2D eigenvalue weighted by atomic mass is 32.1. The molecule has 0 radical (unpaired) electrons. The van der Waals surface area contributed by atoms with Crippen LogP contribution in [0.4, 0.5) is 5.13 Å². The van der Waals surface area contributed by atoms with Crippen molar-refractivity contribution < 1.29 is 9.53 Å². The molecule has 0 saturated carbocycles. The molecule has 0 bridgehead atoms. The topological polar surface area (TPSA) is 42.4 Å². The number of thiazole rings is 1. The molecule has 0 saturated heterocycles. The lowest BCUT2D eigenvalue weighted by Crippen LogP contribution is -2.20. The number of ether oxygens (including phenoxy) is 1. The van der Waals surface area contributed by atoms with E-state index in [2.05, 4.69) is 28.3 Å². The van der Waals surface area contributed by atoms with Gasteiger partial charge in [0.2, 0.25) is 0 Å². The van der Waals surface area contributed by atoms with Crippen LogP contribution in [0.1, 0.15) is 33.2 Å². The highest BCUT2D eigenvalue weighted by molar-refractivity contribution is 7.17. The summed E-state index contributed by atoms with van der Waals surface area (Å²) >= 11 is 3.13. The zero-order valence-electron chi connectivity index (χ0n) is 11.1. The Bertz CT molecular complexity index is 537. The van der Waals surface area contributed by atoms with Gasteiger partial charge in [-0.15, -0.1) is 11.3 Å². The van der Waals surface area contributed by atoms with E-state index < -0.39 is 0 Å². The van der Waals surface area contributed by atoms with Gasteiger partial charge in [0.25, 0.3) is 0 Å². The van der Waals surface area contributed by atoms with Gasteiger partial charge in [-0.1, -0.05) is 17.4 Å². The van der Waals surface area contributed by atoms with Gasteiger partial charge in [0.05, 0.1) is 23.2 Å². The fourth-order valence-corrected chi connectivity index (χ4v) is 3.47. The van der Waals surface area contributed by atoms with Crippen LogP contribution >= 0.6 is 22.7 Å². The molecule has 1 unspecified atom stereocenters. The predicted molar refractivity (Wildman–Crippen MR) is 79.4 cm³/mol. The third-order valence-electron chi connectivity index (χ3n) is 2.94. The minimum absolute atomic E-state index is 0.237. The van der Waals surface area contributed by atoms with Crippen molar-refractivity contribution in [1.29, 1.82) is 0 Å². The summed E-state index contributed by atoms with van der Waals surface area (Å²) in [5, 5.41) is 2.91. The Balaban J connectivity index is 2.23. The molecule has 0 aliphatic heterocycles. The van der Waals surface area contributed by atoms with Crippen molar-refractivity contribution in [3.05, 3.63) is 33.0 Å². The molecule has 0 aliphatic rings.